The van der Waals surface area contributed by atoms with Crippen LogP contribution in [0.2, 0.25) is 0 Å². The van der Waals surface area contributed by atoms with Crippen LogP contribution in [0.1, 0.15) is 18.4 Å². The maximum absolute atomic E-state index is 13.3. The summed E-state index contributed by atoms with van der Waals surface area (Å²) in [6.07, 6.45) is 2.31. The number of benzene rings is 1. The molecule has 1 aliphatic heterocycles. The van der Waals surface area contributed by atoms with Gasteiger partial charge >= 0.3 is 0 Å². The van der Waals surface area contributed by atoms with Gasteiger partial charge in [0.15, 0.2) is 0 Å². The molecule has 0 saturated carbocycles. The van der Waals surface area contributed by atoms with E-state index in [0.717, 1.165) is 23.0 Å². The van der Waals surface area contributed by atoms with Crippen LogP contribution in [-0.2, 0) is 16.0 Å². The average molecular weight is 410 g/mol. The van der Waals surface area contributed by atoms with Gasteiger partial charge in [-0.1, -0.05) is 0 Å². The second kappa shape index (κ2) is 8.44. The van der Waals surface area contributed by atoms with Crippen LogP contribution in [0.25, 0.3) is 22.6 Å². The molecular formula is C22H20F2N4O2. The van der Waals surface area contributed by atoms with E-state index in [0.29, 0.717) is 30.8 Å². The van der Waals surface area contributed by atoms with E-state index < -0.39 is 11.9 Å². The highest BCUT2D eigenvalue weighted by molar-refractivity contribution is 5.89. The lowest BCUT2D eigenvalue weighted by Crippen LogP contribution is -2.40. The van der Waals surface area contributed by atoms with Gasteiger partial charge in [0.25, 0.3) is 0 Å². The third kappa shape index (κ3) is 4.37. The number of amides is 2. The molecule has 0 spiro atoms. The third-order valence-electron chi connectivity index (χ3n) is 5.04. The first-order valence-electron chi connectivity index (χ1n) is 9.66. The van der Waals surface area contributed by atoms with Crippen molar-refractivity contribution in [2.24, 2.45) is 0 Å². The molecule has 2 aromatic heterocycles. The Morgan fingerprint density at radius 2 is 1.90 bits per heavy atom. The van der Waals surface area contributed by atoms with Gasteiger partial charge in [0.1, 0.15) is 17.7 Å². The van der Waals surface area contributed by atoms with Gasteiger partial charge in [0, 0.05) is 18.7 Å². The molecule has 6 nitrogen and oxygen atoms in total. The summed E-state index contributed by atoms with van der Waals surface area (Å²) in [5.74, 6) is -1.16. The lowest BCUT2D eigenvalue weighted by Gasteiger charge is -2.10. The van der Waals surface area contributed by atoms with E-state index in [9.17, 15) is 18.4 Å². The molecule has 154 valence electrons. The zero-order valence-electron chi connectivity index (χ0n) is 16.0. The van der Waals surface area contributed by atoms with Gasteiger partial charge in [-0.2, -0.15) is 0 Å². The van der Waals surface area contributed by atoms with Crippen LogP contribution < -0.4 is 10.6 Å². The SMILES string of the molecule is O=C(CCc1cc(-c2ccc(F)cn2)[nH]c1-c1ccc(F)cc1)NC1CCNC1=O. The van der Waals surface area contributed by atoms with Crippen LogP contribution >= 0.6 is 0 Å². The topological polar surface area (TPSA) is 86.9 Å². The Labute approximate surface area is 171 Å². The van der Waals surface area contributed by atoms with Crippen LogP contribution in [0.15, 0.2) is 48.7 Å². The van der Waals surface area contributed by atoms with Crippen LogP contribution in [0.4, 0.5) is 8.78 Å². The summed E-state index contributed by atoms with van der Waals surface area (Å²) in [7, 11) is 0. The second-order valence-corrected chi connectivity index (χ2v) is 7.15. The van der Waals surface area contributed by atoms with Crippen LogP contribution in [0.5, 0.6) is 0 Å². The van der Waals surface area contributed by atoms with Gasteiger partial charge < -0.3 is 15.6 Å². The van der Waals surface area contributed by atoms with Crippen molar-refractivity contribution in [3.05, 3.63) is 65.9 Å². The molecule has 0 aliphatic carbocycles. The van der Waals surface area contributed by atoms with E-state index in [4.69, 9.17) is 0 Å². The molecule has 1 atom stereocenters. The molecule has 30 heavy (non-hydrogen) atoms. The number of aryl methyl sites for hydroxylation is 1. The normalized spacial score (nSPS) is 15.8. The largest absolute Gasteiger partial charge is 0.354 e. The van der Waals surface area contributed by atoms with Gasteiger partial charge in [-0.05, 0) is 66.4 Å². The second-order valence-electron chi connectivity index (χ2n) is 7.15. The van der Waals surface area contributed by atoms with Crippen molar-refractivity contribution >= 4 is 11.8 Å². The Balaban J connectivity index is 1.56. The fourth-order valence-corrected chi connectivity index (χ4v) is 3.49. The van der Waals surface area contributed by atoms with Crippen molar-refractivity contribution in [2.45, 2.75) is 25.3 Å². The van der Waals surface area contributed by atoms with Gasteiger partial charge in [0.05, 0.1) is 17.6 Å². The van der Waals surface area contributed by atoms with Crippen molar-refractivity contribution in [3.63, 3.8) is 0 Å². The number of hydrogen-bond acceptors (Lipinski definition) is 3. The lowest BCUT2D eigenvalue weighted by atomic mass is 10.0. The van der Waals surface area contributed by atoms with Crippen LogP contribution in [0.3, 0.4) is 0 Å². The molecule has 4 rings (SSSR count). The zero-order chi connectivity index (χ0) is 21.1. The number of nitrogens with one attached hydrogen (secondary N) is 3. The van der Waals surface area contributed by atoms with Crippen molar-refractivity contribution in [1.29, 1.82) is 0 Å². The summed E-state index contributed by atoms with van der Waals surface area (Å²) in [6, 6.07) is 10.3. The quantitative estimate of drug-likeness (QED) is 0.584. The molecule has 1 saturated heterocycles. The molecule has 1 unspecified atom stereocenters. The number of aromatic nitrogens is 2. The number of rotatable bonds is 6. The Hall–Kier alpha value is -3.55. The van der Waals surface area contributed by atoms with Gasteiger partial charge in [0.2, 0.25) is 11.8 Å². The summed E-state index contributed by atoms with van der Waals surface area (Å²) >= 11 is 0. The first-order chi connectivity index (χ1) is 14.5. The van der Waals surface area contributed by atoms with E-state index in [1.807, 2.05) is 6.07 Å². The minimum atomic E-state index is -0.487. The summed E-state index contributed by atoms with van der Waals surface area (Å²) in [4.78, 5) is 31.3. The smallest absolute Gasteiger partial charge is 0.242 e. The van der Waals surface area contributed by atoms with Crippen molar-refractivity contribution in [2.75, 3.05) is 6.54 Å². The molecule has 2 amide bonds. The molecule has 3 aromatic rings. The number of carbonyl (C=O) groups is 2. The summed E-state index contributed by atoms with van der Waals surface area (Å²) in [5.41, 5.74) is 3.56. The number of H-pyrrole nitrogens is 1. The predicted octanol–water partition coefficient (Wildman–Crippen LogP) is 2.96. The lowest BCUT2D eigenvalue weighted by molar-refractivity contribution is -0.127. The van der Waals surface area contributed by atoms with E-state index in [1.165, 1.54) is 18.2 Å². The standard InChI is InChI=1S/C22H20F2N4O2/c23-15-4-1-13(2-5-15)21-14(3-8-20(29)27-18-9-10-25-22(18)30)11-19(28-21)17-7-6-16(24)12-26-17/h1-2,4-7,11-12,18,28H,3,8-10H2,(H,25,30)(H,27,29). The fraction of sp³-hybridized carbons (Fsp3) is 0.227. The molecular weight excluding hydrogens is 390 g/mol. The van der Waals surface area contributed by atoms with Gasteiger partial charge in [-0.15, -0.1) is 0 Å². The number of hydrogen-bond donors (Lipinski definition) is 3. The number of pyridine rings is 1. The average Bonchev–Trinajstić information content (AvgIpc) is 3.34. The Kier molecular flexibility index (Phi) is 5.56. The first-order valence-corrected chi connectivity index (χ1v) is 9.66. The third-order valence-corrected chi connectivity index (χ3v) is 5.04. The van der Waals surface area contributed by atoms with E-state index in [1.54, 1.807) is 18.2 Å². The summed E-state index contributed by atoms with van der Waals surface area (Å²) in [6.45, 7) is 0.560. The maximum atomic E-state index is 13.3. The minimum Gasteiger partial charge on any atom is -0.354 e. The number of aromatic amines is 1. The van der Waals surface area contributed by atoms with E-state index >= 15 is 0 Å². The monoisotopic (exact) mass is 410 g/mol. The summed E-state index contributed by atoms with van der Waals surface area (Å²) < 4.78 is 26.6. The number of halogens is 2. The first kappa shape index (κ1) is 19.8. The van der Waals surface area contributed by atoms with Crippen molar-refractivity contribution < 1.29 is 18.4 Å². The van der Waals surface area contributed by atoms with Gasteiger partial charge in [-0.3, -0.25) is 14.6 Å². The number of carbonyl (C=O) groups excluding carboxylic acids is 2. The molecule has 8 heteroatoms. The molecule has 1 aliphatic rings. The van der Waals surface area contributed by atoms with Crippen molar-refractivity contribution in [1.82, 2.24) is 20.6 Å². The predicted molar refractivity (Wildman–Crippen MR) is 107 cm³/mol. The maximum Gasteiger partial charge on any atom is 0.242 e. The molecule has 0 bridgehead atoms. The molecule has 3 heterocycles. The Bertz CT molecular complexity index is 1060. The van der Waals surface area contributed by atoms with Crippen molar-refractivity contribution in [3.8, 4) is 22.6 Å². The van der Waals surface area contributed by atoms with Crippen LogP contribution in [-0.4, -0.2) is 34.4 Å². The molecule has 3 N–H and O–H groups in total. The highest BCUT2D eigenvalue weighted by Crippen LogP contribution is 2.29. The minimum absolute atomic E-state index is 0.165. The molecule has 1 aromatic carbocycles. The van der Waals surface area contributed by atoms with E-state index in [2.05, 4.69) is 20.6 Å². The van der Waals surface area contributed by atoms with E-state index in [-0.39, 0.29) is 24.1 Å². The molecule has 0 radical (unpaired) electrons. The highest BCUT2D eigenvalue weighted by Gasteiger charge is 2.25. The Morgan fingerprint density at radius 1 is 1.13 bits per heavy atom. The zero-order valence-corrected chi connectivity index (χ0v) is 16.0. The van der Waals surface area contributed by atoms with Crippen LogP contribution in [0, 0.1) is 11.6 Å². The van der Waals surface area contributed by atoms with Gasteiger partial charge in [-0.25, -0.2) is 8.78 Å². The number of nitrogens with zero attached hydrogens (tertiary/aromatic N) is 1. The molecule has 1 fully saturated rings. The Morgan fingerprint density at radius 3 is 2.57 bits per heavy atom. The fourth-order valence-electron chi connectivity index (χ4n) is 3.49. The highest BCUT2D eigenvalue weighted by atomic mass is 19.1. The summed E-state index contributed by atoms with van der Waals surface area (Å²) in [5, 5.41) is 5.43.